The van der Waals surface area contributed by atoms with E-state index < -0.39 is 6.04 Å². The van der Waals surface area contributed by atoms with Crippen molar-refractivity contribution in [2.75, 3.05) is 19.5 Å². The van der Waals surface area contributed by atoms with Crippen molar-refractivity contribution in [1.82, 2.24) is 10.3 Å². The molecule has 0 bridgehead atoms. The Kier molecular flexibility index (Phi) is 7.48. The maximum atomic E-state index is 12.9. The first kappa shape index (κ1) is 23.3. The molecule has 1 atom stereocenters. The second-order valence-corrected chi connectivity index (χ2v) is 8.52. The summed E-state index contributed by atoms with van der Waals surface area (Å²) in [7, 11) is 3.16. The van der Waals surface area contributed by atoms with Crippen molar-refractivity contribution in [2.24, 2.45) is 5.92 Å². The molecule has 1 aromatic heterocycles. The topological polar surface area (TPSA) is 89.6 Å². The van der Waals surface area contributed by atoms with Crippen LogP contribution >= 0.6 is 11.3 Å². The van der Waals surface area contributed by atoms with Crippen molar-refractivity contribution in [1.29, 1.82) is 0 Å². The van der Waals surface area contributed by atoms with E-state index in [1.165, 1.54) is 11.3 Å². The van der Waals surface area contributed by atoms with Crippen LogP contribution in [0.3, 0.4) is 0 Å². The van der Waals surface area contributed by atoms with Crippen molar-refractivity contribution in [2.45, 2.75) is 26.8 Å². The summed E-state index contributed by atoms with van der Waals surface area (Å²) in [6, 6.07) is 12.1. The molecular weight excluding hydrogens is 426 g/mol. The Balaban J connectivity index is 1.72. The number of thiazole rings is 1. The molecule has 168 valence electrons. The van der Waals surface area contributed by atoms with Crippen LogP contribution in [-0.2, 0) is 4.79 Å². The number of carbonyl (C=O) groups is 2. The van der Waals surface area contributed by atoms with E-state index in [0.717, 1.165) is 11.1 Å². The van der Waals surface area contributed by atoms with Crippen LogP contribution in [0.4, 0.5) is 5.13 Å². The Bertz CT molecular complexity index is 1110. The number of ether oxygens (including phenoxy) is 2. The van der Waals surface area contributed by atoms with Gasteiger partial charge in [0.1, 0.15) is 6.04 Å². The molecule has 0 saturated carbocycles. The van der Waals surface area contributed by atoms with E-state index in [2.05, 4.69) is 15.6 Å². The molecule has 0 saturated heterocycles. The summed E-state index contributed by atoms with van der Waals surface area (Å²) < 4.78 is 10.6. The van der Waals surface area contributed by atoms with Crippen LogP contribution < -0.4 is 20.1 Å². The average Bonchev–Trinajstić information content (AvgIpc) is 3.24. The highest BCUT2D eigenvalue weighted by Gasteiger charge is 2.25. The second kappa shape index (κ2) is 10.3. The van der Waals surface area contributed by atoms with Gasteiger partial charge in [0.2, 0.25) is 5.91 Å². The molecule has 1 heterocycles. The van der Waals surface area contributed by atoms with E-state index in [-0.39, 0.29) is 17.7 Å². The van der Waals surface area contributed by atoms with E-state index in [4.69, 9.17) is 9.47 Å². The number of anilines is 1. The third kappa shape index (κ3) is 5.45. The van der Waals surface area contributed by atoms with Gasteiger partial charge in [0.15, 0.2) is 16.6 Å². The SMILES string of the molecule is COc1ccc(-c2csc(NC(=O)C(NC(=O)c3cccc(C)c3)C(C)C)n2)cc1OC. The van der Waals surface area contributed by atoms with E-state index in [1.807, 2.05) is 50.4 Å². The number of amides is 2. The summed E-state index contributed by atoms with van der Waals surface area (Å²) in [5.41, 5.74) is 3.05. The van der Waals surface area contributed by atoms with Crippen LogP contribution in [0.5, 0.6) is 11.5 Å². The average molecular weight is 454 g/mol. The molecule has 0 aliphatic heterocycles. The van der Waals surface area contributed by atoms with Crippen LogP contribution in [0.25, 0.3) is 11.3 Å². The monoisotopic (exact) mass is 453 g/mol. The first-order valence-corrected chi connectivity index (χ1v) is 11.1. The summed E-state index contributed by atoms with van der Waals surface area (Å²) in [4.78, 5) is 30.1. The number of hydrogen-bond donors (Lipinski definition) is 2. The number of aromatic nitrogens is 1. The van der Waals surface area contributed by atoms with Crippen LogP contribution in [0.2, 0.25) is 0 Å². The van der Waals surface area contributed by atoms with Gasteiger partial charge in [-0.1, -0.05) is 31.5 Å². The highest BCUT2D eigenvalue weighted by Crippen LogP contribution is 2.33. The minimum Gasteiger partial charge on any atom is -0.493 e. The van der Waals surface area contributed by atoms with Gasteiger partial charge in [-0.2, -0.15) is 0 Å². The molecule has 1 unspecified atom stereocenters. The van der Waals surface area contributed by atoms with Gasteiger partial charge >= 0.3 is 0 Å². The fourth-order valence-electron chi connectivity index (χ4n) is 3.19. The molecule has 2 N–H and O–H groups in total. The molecule has 2 aromatic carbocycles. The lowest BCUT2D eigenvalue weighted by Crippen LogP contribution is -2.47. The van der Waals surface area contributed by atoms with Gasteiger partial charge in [-0.05, 0) is 43.2 Å². The summed E-state index contributed by atoms with van der Waals surface area (Å²) in [5, 5.41) is 7.98. The molecule has 0 fully saturated rings. The largest absolute Gasteiger partial charge is 0.493 e. The van der Waals surface area contributed by atoms with E-state index >= 15 is 0 Å². The maximum Gasteiger partial charge on any atom is 0.251 e. The molecule has 7 nitrogen and oxygen atoms in total. The Hall–Kier alpha value is -3.39. The van der Waals surface area contributed by atoms with Gasteiger partial charge in [-0.25, -0.2) is 4.98 Å². The normalized spacial score (nSPS) is 11.7. The lowest BCUT2D eigenvalue weighted by molar-refractivity contribution is -0.118. The van der Waals surface area contributed by atoms with Crippen molar-refractivity contribution in [3.05, 3.63) is 59.0 Å². The Labute approximate surface area is 191 Å². The van der Waals surface area contributed by atoms with Gasteiger partial charge in [-0.3, -0.25) is 9.59 Å². The lowest BCUT2D eigenvalue weighted by Gasteiger charge is -2.21. The molecule has 32 heavy (non-hydrogen) atoms. The predicted molar refractivity (Wildman–Crippen MR) is 127 cm³/mol. The van der Waals surface area contributed by atoms with Crippen molar-refractivity contribution in [3.63, 3.8) is 0 Å². The zero-order chi connectivity index (χ0) is 23.3. The molecular formula is C24H27N3O4S. The minimum absolute atomic E-state index is 0.103. The molecule has 0 aliphatic carbocycles. The van der Waals surface area contributed by atoms with E-state index in [9.17, 15) is 9.59 Å². The third-order valence-corrected chi connectivity index (χ3v) is 5.69. The number of carbonyl (C=O) groups excluding carboxylic acids is 2. The Morgan fingerprint density at radius 3 is 2.44 bits per heavy atom. The number of benzene rings is 2. The lowest BCUT2D eigenvalue weighted by atomic mass is 10.0. The van der Waals surface area contributed by atoms with Gasteiger partial charge in [-0.15, -0.1) is 11.3 Å². The molecule has 2 amide bonds. The van der Waals surface area contributed by atoms with Crippen LogP contribution in [0.15, 0.2) is 47.8 Å². The van der Waals surface area contributed by atoms with Crippen LogP contribution in [0, 0.1) is 12.8 Å². The van der Waals surface area contributed by atoms with Crippen LogP contribution in [-0.4, -0.2) is 37.1 Å². The highest BCUT2D eigenvalue weighted by atomic mass is 32.1. The second-order valence-electron chi connectivity index (χ2n) is 7.66. The predicted octanol–water partition coefficient (Wildman–Crippen LogP) is 4.53. The molecule has 3 rings (SSSR count). The van der Waals surface area contributed by atoms with Gasteiger partial charge in [0.05, 0.1) is 19.9 Å². The third-order valence-electron chi connectivity index (χ3n) is 4.93. The minimum atomic E-state index is -0.698. The number of nitrogens with one attached hydrogen (secondary N) is 2. The smallest absolute Gasteiger partial charge is 0.251 e. The number of hydrogen-bond acceptors (Lipinski definition) is 6. The summed E-state index contributed by atoms with van der Waals surface area (Å²) >= 11 is 1.31. The fourth-order valence-corrected chi connectivity index (χ4v) is 3.91. The molecule has 8 heteroatoms. The maximum absolute atomic E-state index is 12.9. The van der Waals surface area contributed by atoms with Crippen LogP contribution in [0.1, 0.15) is 29.8 Å². The molecule has 0 radical (unpaired) electrons. The Morgan fingerprint density at radius 2 is 1.78 bits per heavy atom. The van der Waals surface area contributed by atoms with Gasteiger partial charge < -0.3 is 20.1 Å². The van der Waals surface area contributed by atoms with Gasteiger partial charge in [0.25, 0.3) is 5.91 Å². The fraction of sp³-hybridized carbons (Fsp3) is 0.292. The quantitative estimate of drug-likeness (QED) is 0.523. The summed E-state index contributed by atoms with van der Waals surface area (Å²) in [6.07, 6.45) is 0. The molecule has 3 aromatic rings. The standard InChI is InChI=1S/C24H27N3O4S/c1-14(2)21(26-22(28)17-8-6-7-15(3)11-17)23(29)27-24-25-18(13-32-24)16-9-10-19(30-4)20(12-16)31-5/h6-14,21H,1-5H3,(H,26,28)(H,25,27,29). The van der Waals surface area contributed by atoms with Crippen molar-refractivity contribution in [3.8, 4) is 22.8 Å². The zero-order valence-electron chi connectivity index (χ0n) is 18.8. The Morgan fingerprint density at radius 1 is 1.03 bits per heavy atom. The number of aryl methyl sites for hydroxylation is 1. The number of rotatable bonds is 8. The number of nitrogens with zero attached hydrogens (tertiary/aromatic N) is 1. The number of methoxy groups -OCH3 is 2. The first-order valence-electron chi connectivity index (χ1n) is 10.2. The first-order chi connectivity index (χ1) is 15.3. The summed E-state index contributed by atoms with van der Waals surface area (Å²) in [5.74, 6) is 0.530. The van der Waals surface area contributed by atoms with Crippen molar-refractivity contribution >= 4 is 28.3 Å². The van der Waals surface area contributed by atoms with Gasteiger partial charge in [0, 0.05) is 16.5 Å². The molecule has 0 aliphatic rings. The molecule has 0 spiro atoms. The van der Waals surface area contributed by atoms with E-state index in [1.54, 1.807) is 32.4 Å². The highest BCUT2D eigenvalue weighted by molar-refractivity contribution is 7.14. The zero-order valence-corrected chi connectivity index (χ0v) is 19.6. The summed E-state index contributed by atoms with van der Waals surface area (Å²) in [6.45, 7) is 5.69. The van der Waals surface area contributed by atoms with E-state index in [0.29, 0.717) is 27.9 Å². The van der Waals surface area contributed by atoms with Crippen molar-refractivity contribution < 1.29 is 19.1 Å².